The van der Waals surface area contributed by atoms with E-state index in [4.69, 9.17) is 9.47 Å². The molecule has 2 N–H and O–H groups in total. The third-order valence-corrected chi connectivity index (χ3v) is 3.03. The smallest absolute Gasteiger partial charge is 0.320 e. The van der Waals surface area contributed by atoms with Gasteiger partial charge in [0.1, 0.15) is 17.5 Å². The fourth-order valence-electron chi connectivity index (χ4n) is 2.00. The van der Waals surface area contributed by atoms with Gasteiger partial charge in [0.25, 0.3) is 0 Å². The van der Waals surface area contributed by atoms with Crippen LogP contribution in [-0.4, -0.2) is 31.3 Å². The van der Waals surface area contributed by atoms with Crippen molar-refractivity contribution in [2.75, 3.05) is 14.2 Å². The summed E-state index contributed by atoms with van der Waals surface area (Å²) in [5.74, 6) is 0.918. The van der Waals surface area contributed by atoms with E-state index in [0.29, 0.717) is 24.6 Å². The van der Waals surface area contributed by atoms with Gasteiger partial charge in [0.05, 0.1) is 14.2 Å². The summed E-state index contributed by atoms with van der Waals surface area (Å²) < 4.78 is 10.4. The van der Waals surface area contributed by atoms with Gasteiger partial charge in [-0.3, -0.25) is 4.79 Å². The first-order chi connectivity index (χ1) is 9.47. The maximum Gasteiger partial charge on any atom is 0.320 e. The van der Waals surface area contributed by atoms with Crippen LogP contribution in [0.5, 0.6) is 11.5 Å². The van der Waals surface area contributed by atoms with Gasteiger partial charge in [-0.15, -0.1) is 0 Å². The molecule has 0 fully saturated rings. The van der Waals surface area contributed by atoms with Crippen LogP contribution in [0.3, 0.4) is 0 Å². The molecule has 0 aromatic heterocycles. The molecule has 5 nitrogen and oxygen atoms in total. The topological polar surface area (TPSA) is 67.8 Å². The molecule has 0 aliphatic rings. The third-order valence-electron chi connectivity index (χ3n) is 3.03. The van der Waals surface area contributed by atoms with E-state index >= 15 is 0 Å². The third kappa shape index (κ3) is 4.74. The Morgan fingerprint density at radius 2 is 2.00 bits per heavy atom. The number of rotatable bonds is 8. The fourth-order valence-corrected chi connectivity index (χ4v) is 2.00. The molecule has 1 atom stereocenters. The van der Waals surface area contributed by atoms with Crippen molar-refractivity contribution in [3.8, 4) is 11.5 Å². The van der Waals surface area contributed by atoms with Crippen molar-refractivity contribution in [1.29, 1.82) is 0 Å². The summed E-state index contributed by atoms with van der Waals surface area (Å²) in [6.07, 6.45) is 0.585. The van der Waals surface area contributed by atoms with Crippen LogP contribution in [0.25, 0.3) is 0 Å². The molecule has 1 aromatic rings. The summed E-state index contributed by atoms with van der Waals surface area (Å²) in [7, 11) is 3.19. The van der Waals surface area contributed by atoms with Crippen LogP contribution in [0.2, 0.25) is 0 Å². The van der Waals surface area contributed by atoms with Crippen LogP contribution in [0.15, 0.2) is 18.2 Å². The van der Waals surface area contributed by atoms with Crippen LogP contribution in [-0.2, 0) is 11.3 Å². The van der Waals surface area contributed by atoms with Crippen molar-refractivity contribution in [2.45, 2.75) is 32.9 Å². The summed E-state index contributed by atoms with van der Waals surface area (Å²) >= 11 is 0. The second kappa shape index (κ2) is 7.75. The highest BCUT2D eigenvalue weighted by Crippen LogP contribution is 2.24. The summed E-state index contributed by atoms with van der Waals surface area (Å²) in [5, 5.41) is 12.3. The van der Waals surface area contributed by atoms with Crippen molar-refractivity contribution in [1.82, 2.24) is 5.32 Å². The molecule has 1 rings (SSSR count). The minimum atomic E-state index is -0.833. The van der Waals surface area contributed by atoms with Crippen molar-refractivity contribution >= 4 is 5.97 Å². The van der Waals surface area contributed by atoms with Gasteiger partial charge in [-0.1, -0.05) is 13.8 Å². The Kier molecular flexibility index (Phi) is 6.31. The van der Waals surface area contributed by atoms with Crippen LogP contribution in [0, 0.1) is 5.92 Å². The van der Waals surface area contributed by atoms with E-state index in [1.54, 1.807) is 14.2 Å². The Balaban J connectivity index is 2.78. The Morgan fingerprint density at radius 3 is 2.50 bits per heavy atom. The zero-order valence-electron chi connectivity index (χ0n) is 12.5. The van der Waals surface area contributed by atoms with Crippen LogP contribution < -0.4 is 14.8 Å². The highest BCUT2D eigenvalue weighted by Gasteiger charge is 2.18. The molecule has 1 unspecified atom stereocenters. The summed E-state index contributed by atoms with van der Waals surface area (Å²) in [6.45, 7) is 4.43. The Morgan fingerprint density at radius 1 is 1.30 bits per heavy atom. The summed E-state index contributed by atoms with van der Waals surface area (Å²) in [4.78, 5) is 11.2. The minimum absolute atomic E-state index is 0.316. The highest BCUT2D eigenvalue weighted by atomic mass is 16.5. The van der Waals surface area contributed by atoms with Gasteiger partial charge >= 0.3 is 5.97 Å². The lowest BCUT2D eigenvalue weighted by molar-refractivity contribution is -0.140. The number of methoxy groups -OCH3 is 2. The highest BCUT2D eigenvalue weighted by molar-refractivity contribution is 5.73. The van der Waals surface area contributed by atoms with Gasteiger partial charge in [0, 0.05) is 12.1 Å². The van der Waals surface area contributed by atoms with Gasteiger partial charge in [0.2, 0.25) is 0 Å². The van der Waals surface area contributed by atoms with Gasteiger partial charge in [0.15, 0.2) is 0 Å². The zero-order valence-corrected chi connectivity index (χ0v) is 12.5. The number of nitrogens with one attached hydrogen (secondary N) is 1. The first-order valence-electron chi connectivity index (χ1n) is 6.65. The Bertz CT molecular complexity index is 445. The average molecular weight is 281 g/mol. The van der Waals surface area contributed by atoms with Gasteiger partial charge < -0.3 is 19.9 Å². The molecule has 0 heterocycles. The van der Waals surface area contributed by atoms with Gasteiger partial charge in [-0.05, 0) is 30.5 Å². The molecule has 112 valence electrons. The number of carbonyl (C=O) groups is 1. The molecule has 0 radical (unpaired) electrons. The predicted molar refractivity (Wildman–Crippen MR) is 77.3 cm³/mol. The first-order valence-corrected chi connectivity index (χ1v) is 6.65. The van der Waals surface area contributed by atoms with Crippen LogP contribution in [0.4, 0.5) is 0 Å². The Labute approximate surface area is 119 Å². The van der Waals surface area contributed by atoms with E-state index in [-0.39, 0.29) is 0 Å². The molecular weight excluding hydrogens is 258 g/mol. The molecule has 1 aromatic carbocycles. The number of hydrogen-bond acceptors (Lipinski definition) is 4. The van der Waals surface area contributed by atoms with Crippen LogP contribution in [0.1, 0.15) is 25.8 Å². The number of ether oxygens (including phenoxy) is 2. The maximum absolute atomic E-state index is 11.2. The van der Waals surface area contributed by atoms with Crippen molar-refractivity contribution in [3.63, 3.8) is 0 Å². The fraction of sp³-hybridized carbons (Fsp3) is 0.533. The van der Waals surface area contributed by atoms with Gasteiger partial charge in [-0.25, -0.2) is 0 Å². The molecule has 0 spiro atoms. The lowest BCUT2D eigenvalue weighted by atomic mass is 10.0. The lowest BCUT2D eigenvalue weighted by Crippen LogP contribution is -2.37. The Hall–Kier alpha value is -1.75. The number of carboxylic acid groups (broad SMARTS) is 1. The molecule has 0 aliphatic heterocycles. The molecule has 0 aliphatic carbocycles. The van der Waals surface area contributed by atoms with Crippen molar-refractivity contribution < 1.29 is 19.4 Å². The average Bonchev–Trinajstić information content (AvgIpc) is 2.42. The quantitative estimate of drug-likeness (QED) is 0.765. The minimum Gasteiger partial charge on any atom is -0.497 e. The lowest BCUT2D eigenvalue weighted by Gasteiger charge is -2.18. The molecule has 20 heavy (non-hydrogen) atoms. The van der Waals surface area contributed by atoms with E-state index in [0.717, 1.165) is 11.3 Å². The van der Waals surface area contributed by atoms with E-state index in [1.165, 1.54) is 0 Å². The van der Waals surface area contributed by atoms with E-state index in [1.807, 2.05) is 32.0 Å². The van der Waals surface area contributed by atoms with Gasteiger partial charge in [-0.2, -0.15) is 0 Å². The molecule has 5 heteroatoms. The molecular formula is C15H23NO4. The normalized spacial score (nSPS) is 12.2. The largest absolute Gasteiger partial charge is 0.497 e. The monoisotopic (exact) mass is 281 g/mol. The van der Waals surface area contributed by atoms with E-state index in [9.17, 15) is 9.90 Å². The van der Waals surface area contributed by atoms with Crippen molar-refractivity contribution in [2.24, 2.45) is 5.92 Å². The number of hydrogen-bond donors (Lipinski definition) is 2. The predicted octanol–water partition coefficient (Wildman–Crippen LogP) is 2.29. The summed E-state index contributed by atoms with van der Waals surface area (Å²) in [6, 6.07) is 4.91. The second-order valence-electron chi connectivity index (χ2n) is 5.08. The standard InChI is InChI=1S/C15H23NO4/c1-10(2)7-13(15(17)18)16-9-11-8-12(19-3)5-6-14(11)20-4/h5-6,8,10,13,16H,7,9H2,1-4H3,(H,17,18). The SMILES string of the molecule is COc1ccc(OC)c(CNC(CC(C)C)C(=O)O)c1. The maximum atomic E-state index is 11.2. The first kappa shape index (κ1) is 16.3. The van der Waals surface area contributed by atoms with Crippen molar-refractivity contribution in [3.05, 3.63) is 23.8 Å². The molecule has 0 saturated heterocycles. The zero-order chi connectivity index (χ0) is 15.1. The van der Waals surface area contributed by atoms with E-state index < -0.39 is 12.0 Å². The number of aliphatic carboxylic acids is 1. The number of benzene rings is 1. The molecule has 0 bridgehead atoms. The van der Waals surface area contributed by atoms with E-state index in [2.05, 4.69) is 5.32 Å². The molecule has 0 saturated carbocycles. The molecule has 0 amide bonds. The number of carboxylic acids is 1. The van der Waals surface area contributed by atoms with Crippen LogP contribution >= 0.6 is 0 Å². The second-order valence-corrected chi connectivity index (χ2v) is 5.08. The summed E-state index contributed by atoms with van der Waals surface area (Å²) in [5.41, 5.74) is 0.877.